The molecular formula is C16H21FN2S. The average molecular weight is 292 g/mol. The second-order valence-corrected chi connectivity index (χ2v) is 6.14. The molecule has 1 heterocycles. The number of nitrogens with one attached hydrogen (secondary N) is 1. The molecular weight excluding hydrogens is 271 g/mol. The van der Waals surface area contributed by atoms with Crippen LogP contribution < -0.4 is 5.32 Å². The second-order valence-electron chi connectivity index (χ2n) is 4.91. The minimum absolute atomic E-state index is 0.0286. The zero-order valence-electron chi connectivity index (χ0n) is 12.5. The van der Waals surface area contributed by atoms with E-state index in [1.165, 1.54) is 4.88 Å². The van der Waals surface area contributed by atoms with E-state index < -0.39 is 0 Å². The Hall–Kier alpha value is -1.26. The van der Waals surface area contributed by atoms with E-state index in [1.54, 1.807) is 24.3 Å². The van der Waals surface area contributed by atoms with Gasteiger partial charge in [0.2, 0.25) is 0 Å². The monoisotopic (exact) mass is 292 g/mol. The summed E-state index contributed by atoms with van der Waals surface area (Å²) in [7, 11) is 0. The summed E-state index contributed by atoms with van der Waals surface area (Å²) >= 11 is 1.70. The molecule has 0 saturated heterocycles. The summed E-state index contributed by atoms with van der Waals surface area (Å²) in [5, 5.41) is 4.43. The van der Waals surface area contributed by atoms with E-state index in [2.05, 4.69) is 26.1 Å². The topological polar surface area (TPSA) is 24.9 Å². The minimum Gasteiger partial charge on any atom is -0.305 e. The van der Waals surface area contributed by atoms with Crippen LogP contribution >= 0.6 is 11.3 Å². The van der Waals surface area contributed by atoms with E-state index in [0.717, 1.165) is 29.2 Å². The van der Waals surface area contributed by atoms with E-state index in [-0.39, 0.29) is 11.9 Å². The average Bonchev–Trinajstić information content (AvgIpc) is 2.80. The lowest BCUT2D eigenvalue weighted by molar-refractivity contribution is 0.595. The van der Waals surface area contributed by atoms with Crippen molar-refractivity contribution in [2.24, 2.45) is 0 Å². The summed E-state index contributed by atoms with van der Waals surface area (Å²) in [6, 6.07) is 5.40. The third-order valence-electron chi connectivity index (χ3n) is 3.43. The summed E-state index contributed by atoms with van der Waals surface area (Å²) < 4.78 is 13.8. The lowest BCUT2D eigenvalue weighted by Crippen LogP contribution is -2.22. The summed E-state index contributed by atoms with van der Waals surface area (Å²) in [5.41, 5.74) is 2.75. The van der Waals surface area contributed by atoms with Gasteiger partial charge < -0.3 is 5.32 Å². The number of hydrogen-bond acceptors (Lipinski definition) is 3. The van der Waals surface area contributed by atoms with E-state index in [9.17, 15) is 4.39 Å². The first-order valence-electron chi connectivity index (χ1n) is 7.02. The number of halogens is 1. The van der Waals surface area contributed by atoms with Crippen molar-refractivity contribution in [2.45, 2.75) is 40.2 Å². The zero-order chi connectivity index (χ0) is 14.7. The van der Waals surface area contributed by atoms with Crippen molar-refractivity contribution in [3.8, 4) is 0 Å². The van der Waals surface area contributed by atoms with Gasteiger partial charge in [-0.2, -0.15) is 0 Å². The number of thiazole rings is 1. The Morgan fingerprint density at radius 3 is 2.60 bits per heavy atom. The predicted octanol–water partition coefficient (Wildman–Crippen LogP) is 4.16. The van der Waals surface area contributed by atoms with Crippen molar-refractivity contribution in [1.29, 1.82) is 0 Å². The summed E-state index contributed by atoms with van der Waals surface area (Å²) in [6.07, 6.45) is 0.934. The van der Waals surface area contributed by atoms with Crippen LogP contribution in [-0.4, -0.2) is 11.5 Å². The maximum absolute atomic E-state index is 13.8. The molecule has 2 nitrogen and oxygen atoms in total. The molecule has 2 rings (SSSR count). The van der Waals surface area contributed by atoms with Gasteiger partial charge in [0.1, 0.15) is 10.8 Å². The van der Waals surface area contributed by atoms with Crippen molar-refractivity contribution in [1.82, 2.24) is 10.3 Å². The fraction of sp³-hybridized carbons (Fsp3) is 0.438. The molecule has 1 N–H and O–H groups in total. The van der Waals surface area contributed by atoms with Gasteiger partial charge in [-0.1, -0.05) is 26.0 Å². The Balaban J connectivity index is 2.41. The Kier molecular flexibility index (Phi) is 4.89. The van der Waals surface area contributed by atoms with Crippen LogP contribution in [0.25, 0.3) is 0 Å². The summed E-state index contributed by atoms with van der Waals surface area (Å²) in [5.74, 6) is -0.158. The highest BCUT2D eigenvalue weighted by atomic mass is 32.1. The van der Waals surface area contributed by atoms with Crippen LogP contribution in [0.4, 0.5) is 4.39 Å². The number of aryl methyl sites for hydroxylation is 3. The summed E-state index contributed by atoms with van der Waals surface area (Å²) in [4.78, 5) is 5.96. The zero-order valence-corrected chi connectivity index (χ0v) is 13.3. The molecule has 1 atom stereocenters. The second kappa shape index (κ2) is 6.46. The first kappa shape index (κ1) is 15.1. The molecule has 108 valence electrons. The molecule has 0 fully saturated rings. The largest absolute Gasteiger partial charge is 0.305 e. The van der Waals surface area contributed by atoms with Crippen LogP contribution in [0.5, 0.6) is 0 Å². The van der Waals surface area contributed by atoms with Gasteiger partial charge in [-0.15, -0.1) is 11.3 Å². The first-order chi connectivity index (χ1) is 9.56. The highest BCUT2D eigenvalue weighted by Gasteiger charge is 2.19. The number of hydrogen-bond donors (Lipinski definition) is 1. The Bertz CT molecular complexity index is 592. The van der Waals surface area contributed by atoms with E-state index in [0.29, 0.717) is 5.56 Å². The molecule has 0 spiro atoms. The maximum Gasteiger partial charge on any atom is 0.126 e. The first-order valence-corrected chi connectivity index (χ1v) is 7.84. The normalized spacial score (nSPS) is 12.7. The fourth-order valence-corrected chi connectivity index (χ4v) is 3.36. The van der Waals surface area contributed by atoms with Crippen molar-refractivity contribution >= 4 is 11.3 Å². The molecule has 0 aliphatic rings. The quantitative estimate of drug-likeness (QED) is 0.895. The number of rotatable bonds is 5. The molecule has 1 aromatic carbocycles. The van der Waals surface area contributed by atoms with Crippen molar-refractivity contribution < 1.29 is 4.39 Å². The van der Waals surface area contributed by atoms with Gasteiger partial charge in [0.25, 0.3) is 0 Å². The third-order valence-corrected chi connectivity index (χ3v) is 4.51. The van der Waals surface area contributed by atoms with E-state index >= 15 is 0 Å². The number of benzene rings is 1. The van der Waals surface area contributed by atoms with Crippen molar-refractivity contribution in [3.05, 3.63) is 50.7 Å². The van der Waals surface area contributed by atoms with Crippen LogP contribution in [-0.2, 0) is 6.42 Å². The smallest absolute Gasteiger partial charge is 0.126 e. The van der Waals surface area contributed by atoms with Crippen LogP contribution in [0, 0.1) is 19.7 Å². The molecule has 0 aliphatic carbocycles. The molecule has 0 saturated carbocycles. The minimum atomic E-state index is -0.158. The SMILES string of the molecule is CCNC(c1ccc(C)c(F)c1)c1nc(CC)c(C)s1. The van der Waals surface area contributed by atoms with Crippen LogP contribution in [0.3, 0.4) is 0 Å². The highest BCUT2D eigenvalue weighted by molar-refractivity contribution is 7.11. The predicted molar refractivity (Wildman–Crippen MR) is 82.9 cm³/mol. The van der Waals surface area contributed by atoms with Crippen LogP contribution in [0.2, 0.25) is 0 Å². The highest BCUT2D eigenvalue weighted by Crippen LogP contribution is 2.29. The van der Waals surface area contributed by atoms with E-state index in [1.807, 2.05) is 12.1 Å². The molecule has 1 unspecified atom stereocenters. The maximum atomic E-state index is 13.8. The van der Waals surface area contributed by atoms with Crippen LogP contribution in [0.1, 0.15) is 46.6 Å². The molecule has 2 aromatic rings. The molecule has 0 radical (unpaired) electrons. The van der Waals surface area contributed by atoms with Gasteiger partial charge in [-0.25, -0.2) is 9.37 Å². The van der Waals surface area contributed by atoms with Gasteiger partial charge in [0.15, 0.2) is 0 Å². The molecule has 4 heteroatoms. The van der Waals surface area contributed by atoms with Gasteiger partial charge in [-0.3, -0.25) is 0 Å². The van der Waals surface area contributed by atoms with Gasteiger partial charge in [0.05, 0.1) is 11.7 Å². The molecule has 0 bridgehead atoms. The lowest BCUT2D eigenvalue weighted by atomic mass is 10.0. The number of nitrogens with zero attached hydrogens (tertiary/aromatic N) is 1. The molecule has 0 amide bonds. The van der Waals surface area contributed by atoms with E-state index in [4.69, 9.17) is 4.98 Å². The molecule has 0 aliphatic heterocycles. The fourth-order valence-electron chi connectivity index (χ4n) is 2.24. The Morgan fingerprint density at radius 1 is 1.30 bits per heavy atom. The molecule has 20 heavy (non-hydrogen) atoms. The lowest BCUT2D eigenvalue weighted by Gasteiger charge is -2.16. The Morgan fingerprint density at radius 2 is 2.05 bits per heavy atom. The van der Waals surface area contributed by atoms with Crippen LogP contribution in [0.15, 0.2) is 18.2 Å². The van der Waals surface area contributed by atoms with Crippen molar-refractivity contribution in [2.75, 3.05) is 6.54 Å². The standard InChI is InChI=1S/C16H21FN2S/c1-5-14-11(4)20-16(19-14)15(18-6-2)12-8-7-10(3)13(17)9-12/h7-9,15,18H,5-6H2,1-4H3. The summed E-state index contributed by atoms with van der Waals surface area (Å²) in [6.45, 7) is 8.86. The van der Waals surface area contributed by atoms with Gasteiger partial charge in [-0.05, 0) is 44.0 Å². The third kappa shape index (κ3) is 3.07. The van der Waals surface area contributed by atoms with Gasteiger partial charge >= 0.3 is 0 Å². The van der Waals surface area contributed by atoms with Crippen molar-refractivity contribution in [3.63, 3.8) is 0 Å². The van der Waals surface area contributed by atoms with Gasteiger partial charge in [0, 0.05) is 4.88 Å². The Labute approximate surface area is 124 Å². The number of aromatic nitrogens is 1. The molecule has 1 aromatic heterocycles.